The molecule has 1 unspecified atom stereocenters. The number of carbonyl (C=O) groups is 3. The molecule has 1 rings (SSSR count). The summed E-state index contributed by atoms with van der Waals surface area (Å²) in [6, 6.07) is 2.59. The van der Waals surface area contributed by atoms with Crippen LogP contribution in [0.25, 0.3) is 0 Å². The molecule has 0 fully saturated rings. The van der Waals surface area contributed by atoms with Crippen molar-refractivity contribution < 1.29 is 19.5 Å². The summed E-state index contributed by atoms with van der Waals surface area (Å²) in [4.78, 5) is 35.8. The van der Waals surface area contributed by atoms with Crippen LogP contribution in [0.5, 0.6) is 0 Å². The van der Waals surface area contributed by atoms with Crippen molar-refractivity contribution in [2.45, 2.75) is 45.2 Å². The van der Waals surface area contributed by atoms with Gasteiger partial charge in [0.2, 0.25) is 5.91 Å². The van der Waals surface area contributed by atoms with Gasteiger partial charge in [-0.2, -0.15) is 0 Å². The van der Waals surface area contributed by atoms with E-state index in [2.05, 4.69) is 10.6 Å². The van der Waals surface area contributed by atoms with Crippen LogP contribution in [-0.4, -0.2) is 34.5 Å². The van der Waals surface area contributed by atoms with Crippen molar-refractivity contribution >= 4 is 29.1 Å². The van der Waals surface area contributed by atoms with Crippen molar-refractivity contribution in [3.63, 3.8) is 0 Å². The fourth-order valence-electron chi connectivity index (χ4n) is 1.87. The van der Waals surface area contributed by atoms with E-state index in [-0.39, 0.29) is 18.7 Å². The second-order valence-corrected chi connectivity index (χ2v) is 5.70. The fourth-order valence-corrected chi connectivity index (χ4v) is 2.49. The van der Waals surface area contributed by atoms with Crippen molar-refractivity contribution in [2.24, 2.45) is 0 Å². The van der Waals surface area contributed by atoms with E-state index in [0.717, 1.165) is 0 Å². The van der Waals surface area contributed by atoms with E-state index in [1.807, 2.05) is 0 Å². The molecule has 1 aromatic rings. The molecule has 1 aromatic heterocycles. The Morgan fingerprint density at radius 3 is 2.38 bits per heavy atom. The van der Waals surface area contributed by atoms with E-state index in [0.29, 0.717) is 4.88 Å². The smallest absolute Gasteiger partial charge is 0.329 e. The molecule has 21 heavy (non-hydrogen) atoms. The summed E-state index contributed by atoms with van der Waals surface area (Å²) in [6.07, 6.45) is 0.548. The third-order valence-corrected chi connectivity index (χ3v) is 4.33. The molecule has 2 amide bonds. The molecule has 6 nitrogen and oxygen atoms in total. The molecule has 0 aliphatic carbocycles. The number of aliphatic carboxylic acids is 1. The molecule has 0 saturated carbocycles. The largest absolute Gasteiger partial charge is 0.480 e. The van der Waals surface area contributed by atoms with E-state index in [1.54, 1.807) is 31.4 Å². The van der Waals surface area contributed by atoms with Crippen LogP contribution >= 0.6 is 11.3 Å². The van der Waals surface area contributed by atoms with E-state index in [4.69, 9.17) is 0 Å². The highest BCUT2D eigenvalue weighted by Crippen LogP contribution is 2.16. The zero-order valence-electron chi connectivity index (χ0n) is 12.3. The van der Waals surface area contributed by atoms with Crippen LogP contribution in [0.4, 0.5) is 0 Å². The number of carboxylic acid groups (broad SMARTS) is 1. The molecule has 3 N–H and O–H groups in total. The Morgan fingerprint density at radius 1 is 1.33 bits per heavy atom. The van der Waals surface area contributed by atoms with Crippen molar-refractivity contribution in [1.82, 2.24) is 10.6 Å². The van der Waals surface area contributed by atoms with Gasteiger partial charge in [-0.3, -0.25) is 9.59 Å². The number of carbonyl (C=O) groups excluding carboxylic acids is 2. The number of nitrogens with one attached hydrogen (secondary N) is 2. The molecule has 0 aliphatic rings. The molecule has 1 heterocycles. The highest BCUT2D eigenvalue weighted by molar-refractivity contribution is 7.12. The predicted molar refractivity (Wildman–Crippen MR) is 80.3 cm³/mol. The van der Waals surface area contributed by atoms with E-state index >= 15 is 0 Å². The Bertz CT molecular complexity index is 509. The lowest BCUT2D eigenvalue weighted by molar-refractivity contribution is -0.148. The molecule has 0 aliphatic heterocycles. The minimum atomic E-state index is -1.29. The number of rotatable bonds is 7. The Hall–Kier alpha value is -1.89. The first-order valence-corrected chi connectivity index (χ1v) is 7.64. The van der Waals surface area contributed by atoms with Crippen LogP contribution < -0.4 is 10.6 Å². The van der Waals surface area contributed by atoms with Gasteiger partial charge in [0.15, 0.2) is 0 Å². The lowest BCUT2D eigenvalue weighted by atomic mass is 9.92. The zero-order valence-corrected chi connectivity index (χ0v) is 13.1. The molecule has 0 aromatic carbocycles. The average molecular weight is 312 g/mol. The van der Waals surface area contributed by atoms with E-state index < -0.39 is 23.5 Å². The molecular weight excluding hydrogens is 292 g/mol. The van der Waals surface area contributed by atoms with Crippen LogP contribution in [0, 0.1) is 0 Å². The highest BCUT2D eigenvalue weighted by atomic mass is 32.1. The third kappa shape index (κ3) is 4.04. The van der Waals surface area contributed by atoms with Gasteiger partial charge in [-0.25, -0.2) is 4.79 Å². The number of carboxylic acids is 1. The first-order valence-electron chi connectivity index (χ1n) is 6.76. The SMILES string of the molecule is CCC(CC)(NC(=O)C(C)NC(=O)c1cccs1)C(=O)O. The second-order valence-electron chi connectivity index (χ2n) is 4.76. The van der Waals surface area contributed by atoms with Gasteiger partial charge in [0.1, 0.15) is 11.6 Å². The average Bonchev–Trinajstić information content (AvgIpc) is 2.98. The van der Waals surface area contributed by atoms with E-state index in [1.165, 1.54) is 18.3 Å². The van der Waals surface area contributed by atoms with Gasteiger partial charge in [0.25, 0.3) is 5.91 Å². The Morgan fingerprint density at radius 2 is 1.95 bits per heavy atom. The molecule has 0 saturated heterocycles. The maximum absolute atomic E-state index is 12.1. The number of hydrogen-bond acceptors (Lipinski definition) is 4. The quantitative estimate of drug-likeness (QED) is 0.713. The van der Waals surface area contributed by atoms with Crippen molar-refractivity contribution in [1.29, 1.82) is 0 Å². The highest BCUT2D eigenvalue weighted by Gasteiger charge is 2.37. The summed E-state index contributed by atoms with van der Waals surface area (Å²) in [5, 5.41) is 16.1. The summed E-state index contributed by atoms with van der Waals surface area (Å²) in [5.74, 6) is -1.93. The minimum absolute atomic E-state index is 0.274. The van der Waals surface area contributed by atoms with Gasteiger partial charge in [0, 0.05) is 0 Å². The molecule has 0 bridgehead atoms. The van der Waals surface area contributed by atoms with Crippen LogP contribution in [0.15, 0.2) is 17.5 Å². The standard InChI is InChI=1S/C14H20N2O4S/c1-4-14(5-2,13(19)20)16-11(17)9(3)15-12(18)10-7-6-8-21-10/h6-9H,4-5H2,1-3H3,(H,15,18)(H,16,17)(H,19,20). The van der Waals surface area contributed by atoms with Crippen LogP contribution in [0.2, 0.25) is 0 Å². The van der Waals surface area contributed by atoms with Gasteiger partial charge >= 0.3 is 5.97 Å². The van der Waals surface area contributed by atoms with Gasteiger partial charge in [-0.05, 0) is 31.2 Å². The van der Waals surface area contributed by atoms with Gasteiger partial charge in [-0.1, -0.05) is 19.9 Å². The molecule has 7 heteroatoms. The summed E-state index contributed by atoms with van der Waals surface area (Å²) < 4.78 is 0. The third-order valence-electron chi connectivity index (χ3n) is 3.46. The first-order chi connectivity index (χ1) is 9.86. The maximum atomic E-state index is 12.1. The Kier molecular flexibility index (Phi) is 5.90. The van der Waals surface area contributed by atoms with Crippen LogP contribution in [0.1, 0.15) is 43.3 Å². The van der Waals surface area contributed by atoms with Crippen molar-refractivity contribution in [3.8, 4) is 0 Å². The second kappa shape index (κ2) is 7.21. The molecule has 0 spiro atoms. The monoisotopic (exact) mass is 312 g/mol. The van der Waals surface area contributed by atoms with E-state index in [9.17, 15) is 19.5 Å². The van der Waals surface area contributed by atoms with Gasteiger partial charge < -0.3 is 15.7 Å². The molecule has 0 radical (unpaired) electrons. The summed E-state index contributed by atoms with van der Waals surface area (Å²) in [5.41, 5.74) is -1.29. The molecule has 1 atom stereocenters. The molecule has 116 valence electrons. The van der Waals surface area contributed by atoms with Crippen LogP contribution in [0.3, 0.4) is 0 Å². The Labute approximate surface area is 127 Å². The fraction of sp³-hybridized carbons (Fsp3) is 0.500. The summed E-state index contributed by atoms with van der Waals surface area (Å²) in [7, 11) is 0. The predicted octanol–water partition coefficient (Wildman–Crippen LogP) is 1.63. The van der Waals surface area contributed by atoms with Gasteiger partial charge in [0.05, 0.1) is 4.88 Å². The number of amides is 2. The van der Waals surface area contributed by atoms with Crippen molar-refractivity contribution in [3.05, 3.63) is 22.4 Å². The van der Waals surface area contributed by atoms with Crippen LogP contribution in [-0.2, 0) is 9.59 Å². The lowest BCUT2D eigenvalue weighted by Crippen LogP contribution is -2.58. The summed E-state index contributed by atoms with van der Waals surface area (Å²) in [6.45, 7) is 4.93. The normalized spacial score (nSPS) is 12.5. The number of hydrogen-bond donors (Lipinski definition) is 3. The topological polar surface area (TPSA) is 95.5 Å². The zero-order chi connectivity index (χ0) is 16.0. The first kappa shape index (κ1) is 17.2. The molecular formula is C14H20N2O4S. The number of thiophene rings is 1. The van der Waals surface area contributed by atoms with Crippen molar-refractivity contribution in [2.75, 3.05) is 0 Å². The maximum Gasteiger partial charge on any atom is 0.329 e. The Balaban J connectivity index is 2.70. The minimum Gasteiger partial charge on any atom is -0.480 e. The van der Waals surface area contributed by atoms with Gasteiger partial charge in [-0.15, -0.1) is 11.3 Å². The lowest BCUT2D eigenvalue weighted by Gasteiger charge is -2.29. The summed E-state index contributed by atoms with van der Waals surface area (Å²) >= 11 is 1.27.